The predicted octanol–water partition coefficient (Wildman–Crippen LogP) is 8.05. The number of hydrogen-bond acceptors (Lipinski definition) is 7. The molecule has 0 radical (unpaired) electrons. The lowest BCUT2D eigenvalue weighted by Crippen LogP contribution is -2.50. The number of ether oxygens (including phenoxy) is 2. The van der Waals surface area contributed by atoms with Crippen LogP contribution in [0.1, 0.15) is 97.6 Å². The SMILES string of the molecule is CCCCCc1ccc(-c2cc3ccc(OCC(CO)CCCCOC(=O)C(CC(C)(C)N)C(C)(C)N)cc3s2)c(CC)c1. The van der Waals surface area contributed by atoms with E-state index in [-0.39, 0.29) is 18.5 Å². The second kappa shape index (κ2) is 16.7. The standard InChI is InChI=1S/C37H56N2O4S/c1-7-9-10-13-26-15-18-31(28(8-2)20-26)34-21-29-16-17-30(22-33(29)44-34)43-25-27(24-40)14-11-12-19-42-35(41)32(37(5,6)39)23-36(3,4)38/h15-18,20-22,27,32,40H,7-14,19,23-25,38-39H2,1-6H3. The first-order valence-corrected chi connectivity index (χ1v) is 17.3. The Morgan fingerprint density at radius 1 is 0.977 bits per heavy atom. The summed E-state index contributed by atoms with van der Waals surface area (Å²) in [5.74, 6) is 0.0681. The molecule has 1 aromatic heterocycles. The first kappa shape index (κ1) is 36.0. The highest BCUT2D eigenvalue weighted by Gasteiger charge is 2.36. The molecule has 1 heterocycles. The Kier molecular flexibility index (Phi) is 13.7. The number of fused-ring (bicyclic) bond motifs is 1. The number of unbranched alkanes of at least 4 members (excludes halogenated alkanes) is 3. The van der Waals surface area contributed by atoms with Crippen molar-refractivity contribution >= 4 is 27.4 Å². The minimum Gasteiger partial charge on any atom is -0.493 e. The van der Waals surface area contributed by atoms with E-state index in [1.807, 2.05) is 33.8 Å². The first-order valence-electron chi connectivity index (χ1n) is 16.5. The molecular weight excluding hydrogens is 568 g/mol. The maximum atomic E-state index is 12.7. The van der Waals surface area contributed by atoms with E-state index >= 15 is 0 Å². The van der Waals surface area contributed by atoms with Crippen LogP contribution in [0.15, 0.2) is 42.5 Å². The highest BCUT2D eigenvalue weighted by molar-refractivity contribution is 7.22. The van der Waals surface area contributed by atoms with E-state index < -0.39 is 17.0 Å². The third-order valence-corrected chi connectivity index (χ3v) is 9.42. The molecule has 3 rings (SSSR count). The van der Waals surface area contributed by atoms with E-state index in [4.69, 9.17) is 20.9 Å². The highest BCUT2D eigenvalue weighted by Crippen LogP contribution is 2.37. The van der Waals surface area contributed by atoms with Gasteiger partial charge in [0, 0.05) is 33.2 Å². The van der Waals surface area contributed by atoms with Crippen molar-refractivity contribution in [2.45, 2.75) is 110 Å². The third kappa shape index (κ3) is 11.2. The molecule has 5 N–H and O–H groups in total. The number of rotatable bonds is 19. The molecule has 0 saturated carbocycles. The van der Waals surface area contributed by atoms with Crippen molar-refractivity contribution in [2.75, 3.05) is 19.8 Å². The molecule has 44 heavy (non-hydrogen) atoms. The van der Waals surface area contributed by atoms with Crippen molar-refractivity contribution in [2.24, 2.45) is 23.3 Å². The van der Waals surface area contributed by atoms with E-state index in [9.17, 15) is 9.90 Å². The molecule has 244 valence electrons. The van der Waals surface area contributed by atoms with Crippen LogP contribution in [0.2, 0.25) is 0 Å². The Morgan fingerprint density at radius 3 is 2.41 bits per heavy atom. The van der Waals surface area contributed by atoms with Gasteiger partial charge in [-0.25, -0.2) is 0 Å². The van der Waals surface area contributed by atoms with Gasteiger partial charge in [0.15, 0.2) is 0 Å². The number of hydrogen-bond donors (Lipinski definition) is 3. The van der Waals surface area contributed by atoms with Gasteiger partial charge in [0.25, 0.3) is 0 Å². The molecular formula is C37H56N2O4S. The van der Waals surface area contributed by atoms with E-state index in [0.29, 0.717) is 19.6 Å². The van der Waals surface area contributed by atoms with Gasteiger partial charge in [0.05, 0.1) is 19.1 Å². The average Bonchev–Trinajstić information content (AvgIpc) is 3.39. The van der Waals surface area contributed by atoms with Gasteiger partial charge in [-0.1, -0.05) is 44.9 Å². The zero-order valence-corrected chi connectivity index (χ0v) is 28.7. The molecule has 2 unspecified atom stereocenters. The van der Waals surface area contributed by atoms with Crippen molar-refractivity contribution in [1.29, 1.82) is 0 Å². The lowest BCUT2D eigenvalue weighted by molar-refractivity contribution is -0.151. The molecule has 2 atom stereocenters. The smallest absolute Gasteiger partial charge is 0.310 e. The summed E-state index contributed by atoms with van der Waals surface area (Å²) >= 11 is 1.80. The van der Waals surface area contributed by atoms with Crippen LogP contribution in [0.3, 0.4) is 0 Å². The number of thiophene rings is 1. The quantitative estimate of drug-likeness (QED) is 0.0920. The second-order valence-corrected chi connectivity index (χ2v) is 14.8. The highest BCUT2D eigenvalue weighted by atomic mass is 32.1. The molecule has 0 spiro atoms. The number of aliphatic hydroxyl groups excluding tert-OH is 1. The normalized spacial score (nSPS) is 13.7. The number of aliphatic hydroxyl groups is 1. The Bertz CT molecular complexity index is 1320. The summed E-state index contributed by atoms with van der Waals surface area (Å²) in [6.07, 6.45) is 8.74. The number of carbonyl (C=O) groups excluding carboxylic acids is 1. The van der Waals surface area contributed by atoms with Gasteiger partial charge < -0.3 is 26.0 Å². The van der Waals surface area contributed by atoms with E-state index in [1.165, 1.54) is 50.9 Å². The average molecular weight is 625 g/mol. The molecule has 0 saturated heterocycles. The second-order valence-electron chi connectivity index (χ2n) is 13.7. The summed E-state index contributed by atoms with van der Waals surface area (Å²) < 4.78 is 12.9. The van der Waals surface area contributed by atoms with E-state index in [2.05, 4.69) is 50.2 Å². The summed E-state index contributed by atoms with van der Waals surface area (Å²) in [6.45, 7) is 12.8. The zero-order chi connectivity index (χ0) is 32.3. The number of esters is 1. The van der Waals surface area contributed by atoms with Gasteiger partial charge in [-0.2, -0.15) is 0 Å². The number of carbonyl (C=O) groups is 1. The van der Waals surface area contributed by atoms with Gasteiger partial charge in [0.1, 0.15) is 5.75 Å². The van der Waals surface area contributed by atoms with Crippen molar-refractivity contribution in [3.8, 4) is 16.2 Å². The van der Waals surface area contributed by atoms with Gasteiger partial charge in [-0.3, -0.25) is 4.79 Å². The van der Waals surface area contributed by atoms with Crippen molar-refractivity contribution in [3.05, 3.63) is 53.6 Å². The summed E-state index contributed by atoms with van der Waals surface area (Å²) in [5, 5.41) is 11.2. The fraction of sp³-hybridized carbons (Fsp3) is 0.595. The fourth-order valence-electron chi connectivity index (χ4n) is 5.57. The lowest BCUT2D eigenvalue weighted by Gasteiger charge is -2.33. The molecule has 2 aromatic carbocycles. The molecule has 0 aliphatic rings. The van der Waals surface area contributed by atoms with Crippen molar-refractivity contribution in [1.82, 2.24) is 0 Å². The van der Waals surface area contributed by atoms with Crippen LogP contribution in [0.5, 0.6) is 5.75 Å². The van der Waals surface area contributed by atoms with Gasteiger partial charge >= 0.3 is 5.97 Å². The van der Waals surface area contributed by atoms with Gasteiger partial charge in [-0.05, 0) is 119 Å². The van der Waals surface area contributed by atoms with E-state index in [0.717, 1.165) is 37.9 Å². The minimum absolute atomic E-state index is 0.0111. The molecule has 0 aliphatic heterocycles. The number of aryl methyl sites for hydroxylation is 2. The molecule has 6 nitrogen and oxygen atoms in total. The molecule has 7 heteroatoms. The maximum Gasteiger partial charge on any atom is 0.310 e. The predicted molar refractivity (Wildman–Crippen MR) is 185 cm³/mol. The Hall–Kier alpha value is -2.45. The molecule has 3 aromatic rings. The summed E-state index contributed by atoms with van der Waals surface area (Å²) in [6, 6.07) is 15.5. The molecule has 0 aliphatic carbocycles. The number of benzene rings is 2. The van der Waals surface area contributed by atoms with Crippen LogP contribution in [-0.2, 0) is 22.4 Å². The molecule has 0 amide bonds. The summed E-state index contributed by atoms with van der Waals surface area (Å²) in [4.78, 5) is 14.0. The van der Waals surface area contributed by atoms with Gasteiger partial charge in [-0.15, -0.1) is 11.3 Å². The lowest BCUT2D eigenvalue weighted by atomic mass is 9.80. The minimum atomic E-state index is -0.710. The monoisotopic (exact) mass is 624 g/mol. The van der Waals surface area contributed by atoms with Crippen LogP contribution in [0, 0.1) is 11.8 Å². The third-order valence-electron chi connectivity index (χ3n) is 8.28. The van der Waals surface area contributed by atoms with Crippen LogP contribution < -0.4 is 16.2 Å². The van der Waals surface area contributed by atoms with Crippen molar-refractivity contribution < 1.29 is 19.4 Å². The van der Waals surface area contributed by atoms with Crippen LogP contribution in [0.25, 0.3) is 20.5 Å². The molecule has 0 fully saturated rings. The largest absolute Gasteiger partial charge is 0.493 e. The van der Waals surface area contributed by atoms with E-state index in [1.54, 1.807) is 11.3 Å². The van der Waals surface area contributed by atoms with Crippen molar-refractivity contribution in [3.63, 3.8) is 0 Å². The summed E-state index contributed by atoms with van der Waals surface area (Å²) in [5.41, 5.74) is 15.4. The van der Waals surface area contributed by atoms with Gasteiger partial charge in [0.2, 0.25) is 0 Å². The summed E-state index contributed by atoms with van der Waals surface area (Å²) in [7, 11) is 0. The first-order chi connectivity index (χ1) is 20.8. The van der Waals surface area contributed by atoms with Crippen LogP contribution >= 0.6 is 11.3 Å². The zero-order valence-electron chi connectivity index (χ0n) is 27.9. The Labute approximate surface area is 269 Å². The molecule has 0 bridgehead atoms. The Balaban J connectivity index is 1.51. The van der Waals surface area contributed by atoms with Crippen LogP contribution in [-0.4, -0.2) is 42.0 Å². The Morgan fingerprint density at radius 2 is 1.75 bits per heavy atom. The fourth-order valence-corrected chi connectivity index (χ4v) is 6.73. The topological polar surface area (TPSA) is 108 Å². The maximum absolute atomic E-state index is 12.7. The number of nitrogens with two attached hydrogens (primary N) is 2. The van der Waals surface area contributed by atoms with Crippen LogP contribution in [0.4, 0.5) is 0 Å².